The normalized spacial score (nSPS) is 11.6. The third-order valence-corrected chi connectivity index (χ3v) is 8.75. The summed E-state index contributed by atoms with van der Waals surface area (Å²) < 4.78 is 0. The first-order valence-electron chi connectivity index (χ1n) is 14.7. The predicted octanol–water partition coefficient (Wildman–Crippen LogP) is 11.9. The highest BCUT2D eigenvalue weighted by Gasteiger charge is 2.14. The zero-order valence-corrected chi connectivity index (χ0v) is 23.9. The van der Waals surface area contributed by atoms with E-state index in [0.717, 1.165) is 0 Å². The minimum Gasteiger partial charge on any atom is -0.0616 e. The maximum atomic E-state index is 2.32. The smallest absolute Gasteiger partial charge is 0.00987 e. The first-order chi connectivity index (χ1) is 20.6. The largest absolute Gasteiger partial charge is 0.0616 e. The third kappa shape index (κ3) is 4.07. The predicted molar refractivity (Wildman–Crippen MR) is 182 cm³/mol. The second-order valence-corrected chi connectivity index (χ2v) is 11.5. The maximum absolute atomic E-state index is 2.32. The lowest BCUT2D eigenvalue weighted by molar-refractivity contribution is 1.50. The van der Waals surface area contributed by atoms with E-state index < -0.39 is 0 Å². The van der Waals surface area contributed by atoms with E-state index in [4.69, 9.17) is 0 Å². The van der Waals surface area contributed by atoms with Gasteiger partial charge in [-0.1, -0.05) is 145 Å². The molecule has 0 nitrogen and oxygen atoms in total. The summed E-state index contributed by atoms with van der Waals surface area (Å²) in [6.07, 6.45) is 0. The van der Waals surface area contributed by atoms with Gasteiger partial charge in [-0.25, -0.2) is 0 Å². The van der Waals surface area contributed by atoms with Gasteiger partial charge in [0.15, 0.2) is 0 Å². The van der Waals surface area contributed by atoms with E-state index in [1.165, 1.54) is 87.6 Å². The Hall–Kier alpha value is -5.20. The summed E-state index contributed by atoms with van der Waals surface area (Å²) in [7, 11) is 0. The van der Waals surface area contributed by atoms with Gasteiger partial charge in [-0.2, -0.15) is 0 Å². The number of fused-ring (bicyclic) bond motifs is 4. The highest BCUT2D eigenvalue weighted by molar-refractivity contribution is 6.12. The van der Waals surface area contributed by atoms with E-state index in [-0.39, 0.29) is 0 Å². The Bertz CT molecular complexity index is 2200. The average Bonchev–Trinajstić information content (AvgIpc) is 3.03. The Kier molecular flexibility index (Phi) is 5.69. The van der Waals surface area contributed by atoms with Crippen LogP contribution in [0.5, 0.6) is 0 Å². The Morgan fingerprint density at radius 1 is 0.286 bits per heavy atom. The van der Waals surface area contributed by atoms with Crippen molar-refractivity contribution in [3.05, 3.63) is 157 Å². The van der Waals surface area contributed by atoms with Crippen molar-refractivity contribution in [2.45, 2.75) is 13.8 Å². The fraction of sp³-hybridized carbons (Fsp3) is 0.0476. The van der Waals surface area contributed by atoms with Crippen LogP contribution in [0.3, 0.4) is 0 Å². The van der Waals surface area contributed by atoms with Gasteiger partial charge in [-0.05, 0) is 102 Å². The van der Waals surface area contributed by atoms with Crippen LogP contribution in [0.4, 0.5) is 0 Å². The van der Waals surface area contributed by atoms with Gasteiger partial charge < -0.3 is 0 Å². The average molecular weight is 535 g/mol. The fourth-order valence-electron chi connectivity index (χ4n) is 6.65. The molecule has 0 atom stereocenters. The summed E-state index contributed by atoms with van der Waals surface area (Å²) in [6, 6.07) is 54.0. The number of hydrogen-bond acceptors (Lipinski definition) is 0. The molecule has 198 valence electrons. The van der Waals surface area contributed by atoms with Crippen molar-refractivity contribution in [2.75, 3.05) is 0 Å². The molecule has 8 aromatic rings. The number of benzene rings is 8. The lowest BCUT2D eigenvalue weighted by Gasteiger charge is -2.16. The van der Waals surface area contributed by atoms with Gasteiger partial charge in [0.05, 0.1) is 0 Å². The summed E-state index contributed by atoms with van der Waals surface area (Å²) in [4.78, 5) is 0. The van der Waals surface area contributed by atoms with Gasteiger partial charge in [0.25, 0.3) is 0 Å². The van der Waals surface area contributed by atoms with Crippen LogP contribution in [0.25, 0.3) is 76.5 Å². The molecule has 0 aliphatic heterocycles. The zero-order chi connectivity index (χ0) is 28.2. The van der Waals surface area contributed by atoms with Crippen molar-refractivity contribution in [1.82, 2.24) is 0 Å². The summed E-state index contributed by atoms with van der Waals surface area (Å²) in [5.41, 5.74) is 10.2. The van der Waals surface area contributed by atoms with Gasteiger partial charge in [-0.3, -0.25) is 0 Å². The molecule has 0 heterocycles. The van der Waals surface area contributed by atoms with Gasteiger partial charge in [0.2, 0.25) is 0 Å². The molecule has 0 fully saturated rings. The lowest BCUT2D eigenvalue weighted by Crippen LogP contribution is -1.89. The van der Waals surface area contributed by atoms with Crippen molar-refractivity contribution < 1.29 is 0 Å². The molecule has 0 bridgehead atoms. The second-order valence-electron chi connectivity index (χ2n) is 11.5. The van der Waals surface area contributed by atoms with E-state index in [2.05, 4.69) is 159 Å². The second kappa shape index (κ2) is 9.72. The van der Waals surface area contributed by atoms with Crippen LogP contribution < -0.4 is 0 Å². The summed E-state index contributed by atoms with van der Waals surface area (Å²) >= 11 is 0. The molecule has 0 amide bonds. The number of hydrogen-bond donors (Lipinski definition) is 0. The molecule has 8 aromatic carbocycles. The zero-order valence-electron chi connectivity index (χ0n) is 23.9. The molecule has 0 heteroatoms. The highest BCUT2D eigenvalue weighted by Crippen LogP contribution is 2.41. The molecule has 42 heavy (non-hydrogen) atoms. The van der Waals surface area contributed by atoms with Gasteiger partial charge >= 0.3 is 0 Å². The lowest BCUT2D eigenvalue weighted by atomic mass is 9.88. The van der Waals surface area contributed by atoms with Crippen LogP contribution in [-0.2, 0) is 0 Å². The Morgan fingerprint density at radius 3 is 1.24 bits per heavy atom. The Balaban J connectivity index is 1.30. The SMILES string of the molecule is Cc1ccc2cc(-c3cccc4c(-c5ccc(-c6ccc7cc(C)ccc7c6)c6ccccc56)cccc34)ccc2c1. The third-order valence-electron chi connectivity index (χ3n) is 8.75. The monoisotopic (exact) mass is 534 g/mol. The number of aryl methyl sites for hydroxylation is 2. The number of rotatable bonds is 3. The van der Waals surface area contributed by atoms with E-state index in [1.807, 2.05) is 0 Å². The van der Waals surface area contributed by atoms with E-state index in [1.54, 1.807) is 0 Å². The van der Waals surface area contributed by atoms with Crippen molar-refractivity contribution in [1.29, 1.82) is 0 Å². The minimum absolute atomic E-state index is 1.25. The van der Waals surface area contributed by atoms with Crippen LogP contribution in [0.15, 0.2) is 146 Å². The van der Waals surface area contributed by atoms with Crippen LogP contribution >= 0.6 is 0 Å². The molecule has 0 N–H and O–H groups in total. The molecular formula is C42H30. The summed E-state index contributed by atoms with van der Waals surface area (Å²) in [5, 5.41) is 10.2. The maximum Gasteiger partial charge on any atom is -0.00987 e. The molecule has 0 saturated heterocycles. The molecule has 0 aliphatic carbocycles. The topological polar surface area (TPSA) is 0 Å². The van der Waals surface area contributed by atoms with Crippen LogP contribution in [0.2, 0.25) is 0 Å². The van der Waals surface area contributed by atoms with Crippen LogP contribution in [0.1, 0.15) is 11.1 Å². The molecule has 0 spiro atoms. The molecule has 0 radical (unpaired) electrons. The van der Waals surface area contributed by atoms with Gasteiger partial charge in [-0.15, -0.1) is 0 Å². The molecule has 8 rings (SSSR count). The van der Waals surface area contributed by atoms with Crippen molar-refractivity contribution in [3.63, 3.8) is 0 Å². The van der Waals surface area contributed by atoms with E-state index in [0.29, 0.717) is 0 Å². The van der Waals surface area contributed by atoms with Crippen molar-refractivity contribution in [3.8, 4) is 33.4 Å². The van der Waals surface area contributed by atoms with Crippen molar-refractivity contribution in [2.24, 2.45) is 0 Å². The standard InChI is InChI=1S/C42H30/c1-27-13-15-31-25-33(19-17-29(31)23-27)35-9-5-11-40-38(35)10-6-12-41(40)42-22-21-36(37-7-3-4-8-39(37)42)34-20-18-30-24-28(2)14-16-32(30)26-34/h3-26H,1-2H3. The Labute approximate surface area is 246 Å². The summed E-state index contributed by atoms with van der Waals surface area (Å²) in [5.74, 6) is 0. The van der Waals surface area contributed by atoms with Gasteiger partial charge in [0, 0.05) is 0 Å². The molecular weight excluding hydrogens is 504 g/mol. The van der Waals surface area contributed by atoms with E-state index in [9.17, 15) is 0 Å². The minimum atomic E-state index is 1.25. The van der Waals surface area contributed by atoms with Crippen LogP contribution in [0, 0.1) is 13.8 Å². The Morgan fingerprint density at radius 2 is 0.667 bits per heavy atom. The first kappa shape index (κ1) is 24.6. The van der Waals surface area contributed by atoms with E-state index >= 15 is 0 Å². The summed E-state index contributed by atoms with van der Waals surface area (Å²) in [6.45, 7) is 4.30. The van der Waals surface area contributed by atoms with Crippen LogP contribution in [-0.4, -0.2) is 0 Å². The van der Waals surface area contributed by atoms with Gasteiger partial charge in [0.1, 0.15) is 0 Å². The quantitative estimate of drug-likeness (QED) is 0.211. The van der Waals surface area contributed by atoms with Crippen molar-refractivity contribution >= 4 is 43.1 Å². The first-order valence-corrected chi connectivity index (χ1v) is 14.7. The fourth-order valence-corrected chi connectivity index (χ4v) is 6.65. The molecule has 0 aromatic heterocycles. The molecule has 0 aliphatic rings. The highest BCUT2D eigenvalue weighted by atomic mass is 14.2. The molecule has 0 unspecified atom stereocenters. The molecule has 0 saturated carbocycles.